The maximum Gasteiger partial charge on any atom is 0.309 e. The summed E-state index contributed by atoms with van der Waals surface area (Å²) >= 11 is 0. The smallest absolute Gasteiger partial charge is 0.309 e. The van der Waals surface area contributed by atoms with Crippen LogP contribution in [0.2, 0.25) is 0 Å². The van der Waals surface area contributed by atoms with Gasteiger partial charge in [0.05, 0.1) is 6.42 Å². The fourth-order valence-corrected chi connectivity index (χ4v) is 8.25. The average Bonchev–Trinajstić information content (AvgIpc) is 3.40. The zero-order valence-corrected chi connectivity index (χ0v) is 48.1. The third-order valence-electron chi connectivity index (χ3n) is 12.7. The monoisotopic (exact) mass is 1020 g/mol. The number of hydrogen-bond acceptors (Lipinski definition) is 6. The van der Waals surface area contributed by atoms with Crippen LogP contribution < -0.4 is 0 Å². The lowest BCUT2D eigenvalue weighted by Gasteiger charge is -2.18. The Labute approximate surface area is 456 Å². The molecular weight excluding hydrogens is 913 g/mol. The lowest BCUT2D eigenvalue weighted by Crippen LogP contribution is -2.30. The fraction of sp³-hybridized carbons (Fsp3) is 0.662. The van der Waals surface area contributed by atoms with Gasteiger partial charge in [0.25, 0.3) is 0 Å². The number of carbonyl (C=O) groups excluding carboxylic acids is 3. The van der Waals surface area contributed by atoms with Crippen LogP contribution in [0.15, 0.2) is 122 Å². The molecule has 6 heteroatoms. The molecule has 0 aromatic heterocycles. The van der Waals surface area contributed by atoms with Gasteiger partial charge in [-0.05, 0) is 89.9 Å². The molecule has 1 atom stereocenters. The van der Waals surface area contributed by atoms with Gasteiger partial charge in [0, 0.05) is 12.8 Å². The summed E-state index contributed by atoms with van der Waals surface area (Å²) in [6.45, 7) is 6.33. The van der Waals surface area contributed by atoms with Crippen LogP contribution >= 0.6 is 0 Å². The first-order valence-corrected chi connectivity index (χ1v) is 30.5. The number of rotatable bonds is 54. The van der Waals surface area contributed by atoms with E-state index in [2.05, 4.69) is 130 Å². The molecule has 420 valence electrons. The first-order chi connectivity index (χ1) is 36.5. The summed E-state index contributed by atoms with van der Waals surface area (Å²) in [6, 6.07) is 0. The third kappa shape index (κ3) is 58.7. The van der Waals surface area contributed by atoms with E-state index in [-0.39, 0.29) is 31.6 Å². The van der Waals surface area contributed by atoms with Gasteiger partial charge < -0.3 is 14.2 Å². The summed E-state index contributed by atoms with van der Waals surface area (Å²) in [5.41, 5.74) is 0. The van der Waals surface area contributed by atoms with Gasteiger partial charge in [-0.15, -0.1) is 0 Å². The Morgan fingerprint density at radius 2 is 0.581 bits per heavy atom. The Morgan fingerprint density at radius 3 is 0.946 bits per heavy atom. The van der Waals surface area contributed by atoms with Crippen molar-refractivity contribution in [2.24, 2.45) is 0 Å². The van der Waals surface area contributed by atoms with E-state index in [0.29, 0.717) is 12.8 Å². The van der Waals surface area contributed by atoms with Crippen molar-refractivity contribution in [2.45, 2.75) is 277 Å². The van der Waals surface area contributed by atoms with E-state index in [4.69, 9.17) is 14.2 Å². The molecule has 0 heterocycles. The highest BCUT2D eigenvalue weighted by molar-refractivity contribution is 5.72. The minimum Gasteiger partial charge on any atom is -0.462 e. The number of carbonyl (C=O) groups is 3. The van der Waals surface area contributed by atoms with Crippen LogP contribution in [0.5, 0.6) is 0 Å². The molecular formula is C68H112O6. The number of esters is 3. The molecule has 0 bridgehead atoms. The van der Waals surface area contributed by atoms with E-state index in [1.165, 1.54) is 122 Å². The van der Waals surface area contributed by atoms with Gasteiger partial charge in [-0.25, -0.2) is 0 Å². The highest BCUT2D eigenvalue weighted by Crippen LogP contribution is 2.16. The molecule has 0 spiro atoms. The Balaban J connectivity index is 4.42. The van der Waals surface area contributed by atoms with Crippen LogP contribution in [0.1, 0.15) is 271 Å². The van der Waals surface area contributed by atoms with E-state index in [9.17, 15) is 14.4 Å². The Kier molecular flexibility index (Phi) is 57.9. The van der Waals surface area contributed by atoms with Crippen LogP contribution in [-0.4, -0.2) is 37.2 Å². The zero-order valence-electron chi connectivity index (χ0n) is 48.1. The van der Waals surface area contributed by atoms with Crippen molar-refractivity contribution in [2.75, 3.05) is 13.2 Å². The molecule has 0 saturated heterocycles. The largest absolute Gasteiger partial charge is 0.462 e. The second-order valence-electron chi connectivity index (χ2n) is 19.9. The molecule has 74 heavy (non-hydrogen) atoms. The molecule has 0 aromatic rings. The van der Waals surface area contributed by atoms with Gasteiger partial charge in [0.15, 0.2) is 6.10 Å². The predicted molar refractivity (Wildman–Crippen MR) is 320 cm³/mol. The minimum absolute atomic E-state index is 0.112. The Bertz CT molecular complexity index is 1550. The van der Waals surface area contributed by atoms with Crippen LogP contribution in [0.3, 0.4) is 0 Å². The summed E-state index contributed by atoms with van der Waals surface area (Å²) in [7, 11) is 0. The standard InChI is InChI=1S/C68H112O6/c1-4-7-10-13-16-19-22-25-28-30-31-32-33-34-35-36-37-38-41-43-46-49-52-55-58-61-67(70)73-64-65(63-72-66(69)60-57-54-51-48-45-42-39-27-24-21-18-15-12-9-6-3)74-68(71)62-59-56-53-50-47-44-40-29-26-23-20-17-14-11-8-5-2/h7,9-10,12,16,18-19,21,25,27-28,31-32,34-35,39,45,48,54,57,65H,4-6,8,11,13-15,17,20,22-24,26,29-30,33,36-38,40-44,46-47,49-53,55-56,58-64H2,1-3H3/b10-7-,12-9-,19-16-,21-18-,28-25-,32-31-,35-34-,39-27-,48-45-,57-54-. The first kappa shape index (κ1) is 69.8. The number of hydrogen-bond donors (Lipinski definition) is 0. The van der Waals surface area contributed by atoms with Crippen molar-refractivity contribution in [3.8, 4) is 0 Å². The molecule has 0 aromatic carbocycles. The maximum atomic E-state index is 12.9. The van der Waals surface area contributed by atoms with E-state index in [0.717, 1.165) is 109 Å². The molecule has 0 amide bonds. The highest BCUT2D eigenvalue weighted by atomic mass is 16.6. The summed E-state index contributed by atoms with van der Waals surface area (Å²) in [5.74, 6) is -1.05. The normalized spacial score (nSPS) is 13.0. The lowest BCUT2D eigenvalue weighted by atomic mass is 10.0. The van der Waals surface area contributed by atoms with Crippen molar-refractivity contribution in [3.63, 3.8) is 0 Å². The van der Waals surface area contributed by atoms with Gasteiger partial charge >= 0.3 is 17.9 Å². The zero-order chi connectivity index (χ0) is 53.6. The first-order valence-electron chi connectivity index (χ1n) is 30.5. The molecule has 0 rings (SSSR count). The van der Waals surface area contributed by atoms with E-state index in [1.807, 2.05) is 6.08 Å². The van der Waals surface area contributed by atoms with Crippen molar-refractivity contribution in [1.29, 1.82) is 0 Å². The summed E-state index contributed by atoms with van der Waals surface area (Å²) < 4.78 is 16.8. The van der Waals surface area contributed by atoms with E-state index in [1.54, 1.807) is 6.08 Å². The molecule has 0 aliphatic heterocycles. The lowest BCUT2D eigenvalue weighted by molar-refractivity contribution is -0.166. The predicted octanol–water partition coefficient (Wildman–Crippen LogP) is 20.8. The van der Waals surface area contributed by atoms with Crippen molar-refractivity contribution in [3.05, 3.63) is 122 Å². The van der Waals surface area contributed by atoms with Crippen LogP contribution in [0.4, 0.5) is 0 Å². The average molecular weight is 1030 g/mol. The number of allylic oxidation sites excluding steroid dienone is 19. The molecule has 1 unspecified atom stereocenters. The molecule has 0 N–H and O–H groups in total. The van der Waals surface area contributed by atoms with Crippen molar-refractivity contribution >= 4 is 17.9 Å². The topological polar surface area (TPSA) is 78.9 Å². The fourth-order valence-electron chi connectivity index (χ4n) is 8.25. The molecule has 0 saturated carbocycles. The molecule has 0 aliphatic carbocycles. The number of unbranched alkanes of at least 4 members (excludes halogenated alkanes) is 24. The van der Waals surface area contributed by atoms with Gasteiger partial charge in [-0.3, -0.25) is 14.4 Å². The summed E-state index contributed by atoms with van der Waals surface area (Å²) in [4.78, 5) is 38.2. The Morgan fingerprint density at radius 1 is 0.297 bits per heavy atom. The van der Waals surface area contributed by atoms with Gasteiger partial charge in [0.1, 0.15) is 13.2 Å². The van der Waals surface area contributed by atoms with Crippen molar-refractivity contribution < 1.29 is 28.6 Å². The summed E-state index contributed by atoms with van der Waals surface area (Å²) in [5, 5.41) is 0. The second-order valence-corrected chi connectivity index (χ2v) is 19.9. The number of ether oxygens (including phenoxy) is 3. The van der Waals surface area contributed by atoms with Gasteiger partial charge in [0.2, 0.25) is 0 Å². The van der Waals surface area contributed by atoms with Crippen LogP contribution in [-0.2, 0) is 28.6 Å². The Hall–Kier alpha value is -4.19. The minimum atomic E-state index is -0.822. The summed E-state index contributed by atoms with van der Waals surface area (Å²) in [6.07, 6.45) is 85.1. The molecule has 6 nitrogen and oxygen atoms in total. The van der Waals surface area contributed by atoms with Crippen LogP contribution in [0.25, 0.3) is 0 Å². The quantitative estimate of drug-likeness (QED) is 0.0261. The van der Waals surface area contributed by atoms with Gasteiger partial charge in [-0.2, -0.15) is 0 Å². The van der Waals surface area contributed by atoms with E-state index >= 15 is 0 Å². The third-order valence-corrected chi connectivity index (χ3v) is 12.7. The van der Waals surface area contributed by atoms with E-state index < -0.39 is 12.1 Å². The molecule has 0 fully saturated rings. The molecule has 0 aliphatic rings. The molecule has 0 radical (unpaired) electrons. The van der Waals surface area contributed by atoms with Gasteiger partial charge in [-0.1, -0.05) is 284 Å². The SMILES string of the molecule is CC/C=C\C/C=C\C/C=C\C/C=C\C/C=C\CCCCCCCCCCCC(=O)OCC(COC(=O)C/C=C\C/C=C\C/C=C\C/C=C\C/C=C\CC)OC(=O)CCCCCCCCCCCCCCCCCC. The van der Waals surface area contributed by atoms with Crippen LogP contribution in [0, 0.1) is 0 Å². The van der Waals surface area contributed by atoms with Crippen molar-refractivity contribution in [1.82, 2.24) is 0 Å². The second kappa shape index (κ2) is 61.4. The maximum absolute atomic E-state index is 12.9. The highest BCUT2D eigenvalue weighted by Gasteiger charge is 2.19.